The molecule has 27 heavy (non-hydrogen) atoms. The first-order valence-corrected chi connectivity index (χ1v) is 8.86. The zero-order valence-electron chi connectivity index (χ0n) is 14.5. The Hall–Kier alpha value is -2.70. The first-order valence-electron chi connectivity index (χ1n) is 8.48. The molecule has 2 N–H and O–H groups in total. The molecule has 1 aliphatic carbocycles. The summed E-state index contributed by atoms with van der Waals surface area (Å²) in [6, 6.07) is 11.9. The number of carbonyl (C=O) groups is 1. The van der Waals surface area contributed by atoms with Gasteiger partial charge < -0.3 is 0 Å². The van der Waals surface area contributed by atoms with E-state index >= 15 is 0 Å². The minimum absolute atomic E-state index is 0.283. The fraction of sp³-hybridized carbons (Fsp3) is 0.200. The van der Waals surface area contributed by atoms with E-state index in [0.29, 0.717) is 22.6 Å². The Morgan fingerprint density at radius 1 is 1.30 bits per heavy atom. The minimum Gasteiger partial charge on any atom is -0.289 e. The van der Waals surface area contributed by atoms with Crippen LogP contribution in [0.3, 0.4) is 0 Å². The highest BCUT2D eigenvalue weighted by molar-refractivity contribution is 6.30. The molecule has 1 heterocycles. The van der Waals surface area contributed by atoms with Crippen LogP contribution in [0.25, 0.3) is 5.69 Å². The van der Waals surface area contributed by atoms with Crippen LogP contribution in [0.5, 0.6) is 0 Å². The van der Waals surface area contributed by atoms with Crippen molar-refractivity contribution in [2.24, 2.45) is 0 Å². The monoisotopic (exact) mass is 385 g/mol. The van der Waals surface area contributed by atoms with E-state index in [1.165, 1.54) is 6.07 Å². The van der Waals surface area contributed by atoms with Crippen molar-refractivity contribution in [3.05, 3.63) is 81.9 Å². The Labute approximate surface area is 160 Å². The number of aromatic nitrogens is 2. The molecule has 1 amide bonds. The zero-order chi connectivity index (χ0) is 19.2. The van der Waals surface area contributed by atoms with Crippen LogP contribution in [0.4, 0.5) is 4.39 Å². The fourth-order valence-corrected chi connectivity index (χ4v) is 4.14. The standard InChI is InChI=1S/C20H17ClFN3O2/c1-12-16(6-3-7-17(12)22)20(19(26)24-27)9-13-11-23-25(18(13)10-20)15-5-2-4-14(21)8-15/h2-8,11,27H,9-10H2,1H3,(H,24,26)/t20-/m0/s1. The SMILES string of the molecule is Cc1c(F)cccc1[C@]1(C(=O)NO)Cc2cnn(-c3cccc(Cl)c3)c2C1. The van der Waals surface area contributed by atoms with Gasteiger partial charge in [-0.15, -0.1) is 0 Å². The van der Waals surface area contributed by atoms with Crippen molar-refractivity contribution in [2.75, 3.05) is 0 Å². The van der Waals surface area contributed by atoms with Crippen LogP contribution in [0.15, 0.2) is 48.7 Å². The first-order chi connectivity index (χ1) is 13.0. The molecule has 0 spiro atoms. The largest absolute Gasteiger partial charge is 0.289 e. The lowest BCUT2D eigenvalue weighted by atomic mass is 9.75. The van der Waals surface area contributed by atoms with Gasteiger partial charge in [-0.3, -0.25) is 10.0 Å². The van der Waals surface area contributed by atoms with Gasteiger partial charge >= 0.3 is 0 Å². The predicted octanol–water partition coefficient (Wildman–Crippen LogP) is 3.52. The maximum Gasteiger partial charge on any atom is 0.254 e. The molecule has 2 aromatic carbocycles. The summed E-state index contributed by atoms with van der Waals surface area (Å²) >= 11 is 6.10. The topological polar surface area (TPSA) is 67.2 Å². The van der Waals surface area contributed by atoms with Crippen LogP contribution in [-0.4, -0.2) is 20.9 Å². The summed E-state index contributed by atoms with van der Waals surface area (Å²) < 4.78 is 15.9. The third-order valence-corrected chi connectivity index (χ3v) is 5.52. The summed E-state index contributed by atoms with van der Waals surface area (Å²) in [5, 5.41) is 14.4. The molecule has 138 valence electrons. The van der Waals surface area contributed by atoms with Crippen molar-refractivity contribution in [1.82, 2.24) is 15.3 Å². The van der Waals surface area contributed by atoms with Crippen LogP contribution in [-0.2, 0) is 23.1 Å². The van der Waals surface area contributed by atoms with E-state index in [4.69, 9.17) is 11.6 Å². The van der Waals surface area contributed by atoms with Crippen LogP contribution in [0.2, 0.25) is 5.02 Å². The number of hydroxylamine groups is 1. The van der Waals surface area contributed by atoms with Gasteiger partial charge in [0.15, 0.2) is 0 Å². The number of nitrogens with one attached hydrogen (secondary N) is 1. The molecule has 0 saturated carbocycles. The molecule has 0 saturated heterocycles. The second kappa shape index (κ2) is 6.48. The maximum atomic E-state index is 14.2. The highest BCUT2D eigenvalue weighted by atomic mass is 35.5. The van der Waals surface area contributed by atoms with E-state index in [9.17, 15) is 14.4 Å². The van der Waals surface area contributed by atoms with Crippen molar-refractivity contribution < 1.29 is 14.4 Å². The molecule has 5 nitrogen and oxygen atoms in total. The van der Waals surface area contributed by atoms with Crippen molar-refractivity contribution in [3.63, 3.8) is 0 Å². The molecule has 1 aromatic heterocycles. The average Bonchev–Trinajstić information content (AvgIpc) is 3.21. The lowest BCUT2D eigenvalue weighted by Gasteiger charge is -2.29. The van der Waals surface area contributed by atoms with Crippen LogP contribution < -0.4 is 5.48 Å². The third-order valence-electron chi connectivity index (χ3n) is 5.29. The predicted molar refractivity (Wildman–Crippen MR) is 98.7 cm³/mol. The molecular formula is C20H17ClFN3O2. The Kier molecular flexibility index (Phi) is 4.25. The van der Waals surface area contributed by atoms with Gasteiger partial charge in [-0.1, -0.05) is 29.8 Å². The van der Waals surface area contributed by atoms with Gasteiger partial charge in [0.2, 0.25) is 0 Å². The fourth-order valence-electron chi connectivity index (χ4n) is 3.95. The molecule has 7 heteroatoms. The summed E-state index contributed by atoms with van der Waals surface area (Å²) in [5.41, 5.74) is 4.12. The van der Waals surface area contributed by atoms with Gasteiger partial charge in [0, 0.05) is 17.1 Å². The highest BCUT2D eigenvalue weighted by Crippen LogP contribution is 2.42. The third kappa shape index (κ3) is 2.72. The van der Waals surface area contributed by atoms with Crippen molar-refractivity contribution in [3.8, 4) is 5.69 Å². The van der Waals surface area contributed by atoms with Gasteiger partial charge in [-0.25, -0.2) is 14.6 Å². The van der Waals surface area contributed by atoms with E-state index in [-0.39, 0.29) is 12.2 Å². The molecular weight excluding hydrogens is 369 g/mol. The molecule has 3 aromatic rings. The Bertz CT molecular complexity index is 1050. The van der Waals surface area contributed by atoms with Crippen molar-refractivity contribution in [2.45, 2.75) is 25.2 Å². The second-order valence-corrected chi connectivity index (χ2v) is 7.23. The zero-order valence-corrected chi connectivity index (χ0v) is 15.3. The lowest BCUT2D eigenvalue weighted by Crippen LogP contribution is -2.45. The summed E-state index contributed by atoms with van der Waals surface area (Å²) in [5.74, 6) is -0.949. The number of amides is 1. The molecule has 1 aliphatic rings. The number of hydrogen-bond donors (Lipinski definition) is 2. The number of nitrogens with zero attached hydrogens (tertiary/aromatic N) is 2. The van der Waals surface area contributed by atoms with Gasteiger partial charge in [0.1, 0.15) is 5.82 Å². The molecule has 1 atom stereocenters. The van der Waals surface area contributed by atoms with Crippen LogP contribution in [0, 0.1) is 12.7 Å². The van der Waals surface area contributed by atoms with E-state index in [0.717, 1.165) is 16.9 Å². The van der Waals surface area contributed by atoms with Crippen LogP contribution in [0.1, 0.15) is 22.4 Å². The Morgan fingerprint density at radius 3 is 2.81 bits per heavy atom. The number of carbonyl (C=O) groups excluding carboxylic acids is 1. The number of rotatable bonds is 3. The number of halogens is 2. The average molecular weight is 386 g/mol. The van der Waals surface area contributed by atoms with E-state index in [1.807, 2.05) is 12.1 Å². The van der Waals surface area contributed by atoms with Crippen molar-refractivity contribution in [1.29, 1.82) is 0 Å². The summed E-state index contributed by atoms with van der Waals surface area (Å²) in [7, 11) is 0. The quantitative estimate of drug-likeness (QED) is 0.535. The summed E-state index contributed by atoms with van der Waals surface area (Å²) in [4.78, 5) is 12.7. The molecule has 0 aliphatic heterocycles. The summed E-state index contributed by atoms with van der Waals surface area (Å²) in [6.45, 7) is 1.64. The maximum absolute atomic E-state index is 14.2. The number of benzene rings is 2. The lowest BCUT2D eigenvalue weighted by molar-refractivity contribution is -0.135. The molecule has 0 radical (unpaired) electrons. The molecule has 0 fully saturated rings. The first kappa shape index (κ1) is 17.7. The van der Waals surface area contributed by atoms with Gasteiger partial charge in [-0.05, 0) is 54.3 Å². The van der Waals surface area contributed by atoms with E-state index in [1.54, 1.807) is 47.5 Å². The number of fused-ring (bicyclic) bond motifs is 1. The Balaban J connectivity index is 1.85. The normalized spacial score (nSPS) is 18.4. The van der Waals surface area contributed by atoms with E-state index in [2.05, 4.69) is 5.10 Å². The van der Waals surface area contributed by atoms with Gasteiger partial charge in [0.25, 0.3) is 5.91 Å². The molecule has 0 unspecified atom stereocenters. The molecule has 4 rings (SSSR count). The van der Waals surface area contributed by atoms with Crippen molar-refractivity contribution >= 4 is 17.5 Å². The Morgan fingerprint density at radius 2 is 2.07 bits per heavy atom. The minimum atomic E-state index is -1.10. The number of hydrogen-bond acceptors (Lipinski definition) is 3. The van der Waals surface area contributed by atoms with Gasteiger partial charge in [-0.2, -0.15) is 5.10 Å². The van der Waals surface area contributed by atoms with Crippen LogP contribution >= 0.6 is 11.6 Å². The smallest absolute Gasteiger partial charge is 0.254 e. The second-order valence-electron chi connectivity index (χ2n) is 6.80. The molecule has 0 bridgehead atoms. The van der Waals surface area contributed by atoms with E-state index < -0.39 is 11.3 Å². The highest BCUT2D eigenvalue weighted by Gasteiger charge is 2.48. The van der Waals surface area contributed by atoms with Gasteiger partial charge in [0.05, 0.1) is 17.3 Å². The summed E-state index contributed by atoms with van der Waals surface area (Å²) in [6.07, 6.45) is 2.31.